The zero-order valence-corrected chi connectivity index (χ0v) is 15.0. The number of rotatable bonds is 2. The van der Waals surface area contributed by atoms with Crippen LogP contribution in [0.5, 0.6) is 0 Å². The standard InChI is InChI=1S/C21H21N5O/c27-21(16-9-11-22-20(14-16)26-13-5-10-23-26)25-15-17-6-3-4-12-24(17)18-7-1-2-8-19(18)25/h1-2,5,7-11,13-14,17H,3-4,6,12,15H2/t17-/m0/s1. The minimum absolute atomic E-state index is 0.0171. The Kier molecular flexibility index (Phi) is 3.89. The van der Waals surface area contributed by atoms with Gasteiger partial charge >= 0.3 is 0 Å². The van der Waals surface area contributed by atoms with Crippen molar-refractivity contribution in [3.8, 4) is 5.82 Å². The lowest BCUT2D eigenvalue weighted by molar-refractivity contribution is 0.0982. The number of nitrogens with zero attached hydrogens (tertiary/aromatic N) is 5. The number of amides is 1. The highest BCUT2D eigenvalue weighted by molar-refractivity contribution is 6.08. The molecular weight excluding hydrogens is 338 g/mol. The maximum absolute atomic E-state index is 13.4. The van der Waals surface area contributed by atoms with Crippen LogP contribution in [-0.2, 0) is 0 Å². The zero-order chi connectivity index (χ0) is 18.2. The Labute approximate surface area is 158 Å². The number of benzene rings is 1. The highest BCUT2D eigenvalue weighted by atomic mass is 16.2. The molecule has 2 aliphatic heterocycles. The number of hydrogen-bond donors (Lipinski definition) is 0. The first kappa shape index (κ1) is 16.1. The van der Waals surface area contributed by atoms with Gasteiger partial charge < -0.3 is 9.80 Å². The number of para-hydroxylation sites is 2. The second kappa shape index (κ2) is 6.54. The topological polar surface area (TPSA) is 54.3 Å². The van der Waals surface area contributed by atoms with Crippen molar-refractivity contribution < 1.29 is 4.79 Å². The SMILES string of the molecule is O=C(c1ccnc(-n2cccn2)c1)N1C[C@@H]2CCCCN2c2ccccc21. The van der Waals surface area contributed by atoms with Crippen molar-refractivity contribution in [3.05, 3.63) is 66.6 Å². The number of fused-ring (bicyclic) bond motifs is 3. The zero-order valence-electron chi connectivity index (χ0n) is 15.0. The normalized spacial score (nSPS) is 18.7. The van der Waals surface area contributed by atoms with Gasteiger partial charge in [0.25, 0.3) is 5.91 Å². The van der Waals surface area contributed by atoms with Gasteiger partial charge in [0, 0.05) is 43.3 Å². The molecule has 1 atom stereocenters. The molecule has 0 radical (unpaired) electrons. The van der Waals surface area contributed by atoms with Gasteiger partial charge in [-0.2, -0.15) is 5.10 Å². The Morgan fingerprint density at radius 3 is 2.78 bits per heavy atom. The van der Waals surface area contributed by atoms with Gasteiger partial charge in [0.15, 0.2) is 5.82 Å². The van der Waals surface area contributed by atoms with E-state index in [0.29, 0.717) is 17.4 Å². The van der Waals surface area contributed by atoms with Crippen molar-refractivity contribution in [2.45, 2.75) is 25.3 Å². The minimum atomic E-state index is 0.0171. The van der Waals surface area contributed by atoms with Gasteiger partial charge in [-0.1, -0.05) is 12.1 Å². The number of carbonyl (C=O) groups is 1. The third kappa shape index (κ3) is 2.77. The van der Waals surface area contributed by atoms with E-state index in [-0.39, 0.29) is 5.91 Å². The summed E-state index contributed by atoms with van der Waals surface area (Å²) in [5.41, 5.74) is 2.80. The molecule has 1 amide bonds. The van der Waals surface area contributed by atoms with Crippen LogP contribution in [0.3, 0.4) is 0 Å². The molecule has 27 heavy (non-hydrogen) atoms. The van der Waals surface area contributed by atoms with Crippen LogP contribution in [0.4, 0.5) is 11.4 Å². The van der Waals surface area contributed by atoms with E-state index in [2.05, 4.69) is 27.1 Å². The summed E-state index contributed by atoms with van der Waals surface area (Å²) in [6, 6.07) is 14.1. The van der Waals surface area contributed by atoms with E-state index >= 15 is 0 Å². The fraction of sp³-hybridized carbons (Fsp3) is 0.286. The molecule has 6 heteroatoms. The largest absolute Gasteiger partial charge is 0.365 e. The Bertz CT molecular complexity index is 968. The van der Waals surface area contributed by atoms with E-state index in [4.69, 9.17) is 0 Å². The minimum Gasteiger partial charge on any atom is -0.365 e. The Morgan fingerprint density at radius 2 is 1.93 bits per heavy atom. The summed E-state index contributed by atoms with van der Waals surface area (Å²) < 4.78 is 1.67. The fourth-order valence-electron chi connectivity index (χ4n) is 4.18. The molecule has 1 saturated heterocycles. The number of hydrogen-bond acceptors (Lipinski definition) is 4. The molecule has 4 heterocycles. The summed E-state index contributed by atoms with van der Waals surface area (Å²) in [6.07, 6.45) is 8.78. The van der Waals surface area contributed by atoms with Gasteiger partial charge in [-0.25, -0.2) is 9.67 Å². The first-order valence-corrected chi connectivity index (χ1v) is 9.45. The molecule has 2 aromatic heterocycles. The second-order valence-corrected chi connectivity index (χ2v) is 7.10. The summed E-state index contributed by atoms with van der Waals surface area (Å²) in [7, 11) is 0. The summed E-state index contributed by atoms with van der Waals surface area (Å²) in [4.78, 5) is 22.2. The van der Waals surface area contributed by atoms with E-state index < -0.39 is 0 Å². The third-order valence-corrected chi connectivity index (χ3v) is 5.48. The number of pyridine rings is 1. The Morgan fingerprint density at radius 1 is 1.04 bits per heavy atom. The summed E-state index contributed by atoms with van der Waals surface area (Å²) in [5.74, 6) is 0.666. The van der Waals surface area contributed by atoms with Gasteiger partial charge in [0.2, 0.25) is 0 Å². The van der Waals surface area contributed by atoms with E-state index in [1.54, 1.807) is 23.1 Å². The molecule has 3 aromatic rings. The Balaban J connectivity index is 1.52. The van der Waals surface area contributed by atoms with E-state index in [9.17, 15) is 4.79 Å². The lowest BCUT2D eigenvalue weighted by Gasteiger charge is -2.46. The van der Waals surface area contributed by atoms with Crippen molar-refractivity contribution in [1.29, 1.82) is 0 Å². The van der Waals surface area contributed by atoms with Crippen LogP contribution in [0.25, 0.3) is 5.82 Å². The molecule has 1 fully saturated rings. The molecule has 0 spiro atoms. The lowest BCUT2D eigenvalue weighted by Crippen LogP contribution is -2.53. The highest BCUT2D eigenvalue weighted by Gasteiger charge is 2.35. The van der Waals surface area contributed by atoms with Gasteiger partial charge in [-0.05, 0) is 49.6 Å². The third-order valence-electron chi connectivity index (χ3n) is 5.48. The van der Waals surface area contributed by atoms with Crippen molar-refractivity contribution in [1.82, 2.24) is 14.8 Å². The average Bonchev–Trinajstić information content (AvgIpc) is 3.28. The van der Waals surface area contributed by atoms with Gasteiger partial charge in [0.1, 0.15) is 0 Å². The predicted molar refractivity (Wildman–Crippen MR) is 104 cm³/mol. The first-order valence-electron chi connectivity index (χ1n) is 9.45. The van der Waals surface area contributed by atoms with Gasteiger partial charge in [0.05, 0.1) is 11.4 Å². The van der Waals surface area contributed by atoms with Crippen LogP contribution in [0.15, 0.2) is 61.1 Å². The lowest BCUT2D eigenvalue weighted by atomic mass is 9.96. The fourth-order valence-corrected chi connectivity index (χ4v) is 4.18. The predicted octanol–water partition coefficient (Wildman–Crippen LogP) is 3.29. The number of aromatic nitrogens is 3. The van der Waals surface area contributed by atoms with E-state index in [1.807, 2.05) is 35.4 Å². The summed E-state index contributed by atoms with van der Waals surface area (Å²) in [6.45, 7) is 1.80. The monoisotopic (exact) mass is 359 g/mol. The average molecular weight is 359 g/mol. The van der Waals surface area contributed by atoms with Crippen LogP contribution in [0, 0.1) is 0 Å². The molecule has 0 N–H and O–H groups in total. The molecular formula is C21H21N5O. The highest BCUT2D eigenvalue weighted by Crippen LogP contribution is 2.39. The van der Waals surface area contributed by atoms with Crippen molar-refractivity contribution in [3.63, 3.8) is 0 Å². The maximum Gasteiger partial charge on any atom is 0.258 e. The molecule has 0 unspecified atom stereocenters. The molecule has 0 bridgehead atoms. The molecule has 5 rings (SSSR count). The number of carbonyl (C=O) groups excluding carboxylic acids is 1. The molecule has 0 aliphatic carbocycles. The van der Waals surface area contributed by atoms with Crippen molar-refractivity contribution >= 4 is 17.3 Å². The van der Waals surface area contributed by atoms with Crippen LogP contribution in [0.2, 0.25) is 0 Å². The molecule has 0 saturated carbocycles. The van der Waals surface area contributed by atoms with Gasteiger partial charge in [-0.3, -0.25) is 4.79 Å². The molecule has 1 aromatic carbocycles. The van der Waals surface area contributed by atoms with Crippen LogP contribution in [-0.4, -0.2) is 39.8 Å². The van der Waals surface area contributed by atoms with Crippen LogP contribution < -0.4 is 9.80 Å². The van der Waals surface area contributed by atoms with Crippen molar-refractivity contribution in [2.75, 3.05) is 22.9 Å². The van der Waals surface area contributed by atoms with Crippen LogP contribution in [0.1, 0.15) is 29.6 Å². The maximum atomic E-state index is 13.4. The quantitative estimate of drug-likeness (QED) is 0.705. The van der Waals surface area contributed by atoms with Gasteiger partial charge in [-0.15, -0.1) is 0 Å². The summed E-state index contributed by atoms with van der Waals surface area (Å²) in [5, 5.41) is 4.21. The van der Waals surface area contributed by atoms with Crippen LogP contribution >= 0.6 is 0 Å². The number of piperidine rings is 1. The molecule has 2 aliphatic rings. The second-order valence-electron chi connectivity index (χ2n) is 7.10. The Hall–Kier alpha value is -3.15. The van der Waals surface area contributed by atoms with E-state index in [1.165, 1.54) is 18.5 Å². The molecule has 136 valence electrons. The van der Waals surface area contributed by atoms with Crippen molar-refractivity contribution in [2.24, 2.45) is 0 Å². The number of anilines is 2. The van der Waals surface area contributed by atoms with E-state index in [0.717, 1.165) is 25.2 Å². The first-order chi connectivity index (χ1) is 13.3. The smallest absolute Gasteiger partial charge is 0.258 e. The molecule has 6 nitrogen and oxygen atoms in total. The summed E-state index contributed by atoms with van der Waals surface area (Å²) >= 11 is 0.